The van der Waals surface area contributed by atoms with Gasteiger partial charge in [0.25, 0.3) is 0 Å². The second-order valence-electron chi connectivity index (χ2n) is 3.94. The van der Waals surface area contributed by atoms with Crippen LogP contribution in [0.4, 0.5) is 0 Å². The molecule has 0 aromatic heterocycles. The molecule has 0 aliphatic carbocycles. The van der Waals surface area contributed by atoms with Gasteiger partial charge in [-0.25, -0.2) is 0 Å². The Balaban J connectivity index is 2.63. The summed E-state index contributed by atoms with van der Waals surface area (Å²) in [5.74, 6) is 0. The Labute approximate surface area is 92.5 Å². The van der Waals surface area contributed by atoms with E-state index in [1.54, 1.807) is 0 Å². The quantitative estimate of drug-likeness (QED) is 0.300. The molecule has 1 aliphatic heterocycles. The summed E-state index contributed by atoms with van der Waals surface area (Å²) in [6.07, 6.45) is -7.28. The molecule has 7 heteroatoms. The molecule has 1 aliphatic rings. The van der Waals surface area contributed by atoms with Gasteiger partial charge >= 0.3 is 0 Å². The fraction of sp³-hybridized carbons (Fsp3) is 1.00. The van der Waals surface area contributed by atoms with Crippen LogP contribution in [0.5, 0.6) is 0 Å². The van der Waals surface area contributed by atoms with E-state index >= 15 is 0 Å². The summed E-state index contributed by atoms with van der Waals surface area (Å²) in [6.45, 7) is -0.994. The van der Waals surface area contributed by atoms with Gasteiger partial charge in [0.2, 0.25) is 0 Å². The van der Waals surface area contributed by atoms with E-state index in [1.165, 1.54) is 0 Å². The van der Waals surface area contributed by atoms with Gasteiger partial charge in [0.1, 0.15) is 24.4 Å². The average Bonchev–Trinajstić information content (AvgIpc) is 2.29. The molecule has 1 fully saturated rings. The largest absolute Gasteiger partial charge is 0.394 e. The fourth-order valence-corrected chi connectivity index (χ4v) is 1.72. The van der Waals surface area contributed by atoms with Crippen LogP contribution in [0.1, 0.15) is 6.42 Å². The molecule has 0 amide bonds. The highest BCUT2D eigenvalue weighted by molar-refractivity contribution is 4.92. The summed E-state index contributed by atoms with van der Waals surface area (Å²) < 4.78 is 5.12. The van der Waals surface area contributed by atoms with E-state index < -0.39 is 49.8 Å². The Bertz CT molecular complexity index is 210. The second-order valence-corrected chi connectivity index (χ2v) is 3.94. The molecule has 1 saturated heterocycles. The minimum Gasteiger partial charge on any atom is -0.394 e. The maximum absolute atomic E-state index is 9.56. The molecule has 1 rings (SSSR count). The van der Waals surface area contributed by atoms with E-state index in [-0.39, 0.29) is 6.42 Å². The van der Waals surface area contributed by atoms with Crippen LogP contribution in [0.25, 0.3) is 0 Å². The number of rotatable bonds is 4. The van der Waals surface area contributed by atoms with Gasteiger partial charge in [0.05, 0.1) is 25.4 Å². The van der Waals surface area contributed by atoms with Crippen LogP contribution in [0.15, 0.2) is 0 Å². The molecular formula is C9H18O7. The predicted molar refractivity (Wildman–Crippen MR) is 51.5 cm³/mol. The van der Waals surface area contributed by atoms with Crippen molar-refractivity contribution in [3.63, 3.8) is 0 Å². The first-order valence-electron chi connectivity index (χ1n) is 5.10. The lowest BCUT2D eigenvalue weighted by atomic mass is 9.92. The number of hydrogen-bond donors (Lipinski definition) is 6. The molecule has 0 bridgehead atoms. The molecule has 0 unspecified atom stereocenters. The first kappa shape index (κ1) is 13.8. The van der Waals surface area contributed by atoms with Crippen LogP contribution < -0.4 is 0 Å². The third-order valence-electron chi connectivity index (χ3n) is 2.71. The minimum atomic E-state index is -1.44. The lowest BCUT2D eigenvalue weighted by molar-refractivity contribution is -0.234. The van der Waals surface area contributed by atoms with Crippen molar-refractivity contribution in [3.8, 4) is 0 Å². The summed E-state index contributed by atoms with van der Waals surface area (Å²) >= 11 is 0. The van der Waals surface area contributed by atoms with Crippen molar-refractivity contribution < 1.29 is 35.4 Å². The molecule has 16 heavy (non-hydrogen) atoms. The molecule has 0 saturated carbocycles. The summed E-state index contributed by atoms with van der Waals surface area (Å²) in [4.78, 5) is 0. The molecule has 0 spiro atoms. The lowest BCUT2D eigenvalue weighted by Crippen LogP contribution is -2.59. The first-order chi connectivity index (χ1) is 7.51. The van der Waals surface area contributed by atoms with E-state index in [0.29, 0.717) is 0 Å². The lowest BCUT2D eigenvalue weighted by Gasteiger charge is -2.40. The topological polar surface area (TPSA) is 131 Å². The third kappa shape index (κ3) is 2.89. The Morgan fingerprint density at radius 1 is 0.938 bits per heavy atom. The zero-order valence-corrected chi connectivity index (χ0v) is 8.68. The highest BCUT2D eigenvalue weighted by Crippen LogP contribution is 2.23. The Kier molecular flexibility index (Phi) is 5.06. The van der Waals surface area contributed by atoms with Crippen LogP contribution in [0.3, 0.4) is 0 Å². The minimum absolute atomic E-state index is 0.0854. The third-order valence-corrected chi connectivity index (χ3v) is 2.71. The van der Waals surface area contributed by atoms with E-state index in [9.17, 15) is 20.4 Å². The zero-order chi connectivity index (χ0) is 12.3. The molecule has 0 aromatic rings. The molecule has 96 valence electrons. The van der Waals surface area contributed by atoms with Crippen molar-refractivity contribution in [2.24, 2.45) is 0 Å². The maximum atomic E-state index is 9.56. The number of ether oxygens (including phenoxy) is 1. The van der Waals surface area contributed by atoms with Crippen molar-refractivity contribution in [2.45, 2.75) is 43.0 Å². The van der Waals surface area contributed by atoms with Gasteiger partial charge in [-0.15, -0.1) is 0 Å². The van der Waals surface area contributed by atoms with Crippen molar-refractivity contribution in [3.05, 3.63) is 0 Å². The summed E-state index contributed by atoms with van der Waals surface area (Å²) in [6, 6.07) is 0. The number of aliphatic hydroxyl groups is 6. The van der Waals surface area contributed by atoms with E-state index in [2.05, 4.69) is 0 Å². The summed E-state index contributed by atoms with van der Waals surface area (Å²) in [5.41, 5.74) is 0. The van der Waals surface area contributed by atoms with Crippen LogP contribution in [-0.4, -0.2) is 80.5 Å². The van der Waals surface area contributed by atoms with Crippen molar-refractivity contribution in [1.82, 2.24) is 0 Å². The second kappa shape index (κ2) is 5.87. The zero-order valence-electron chi connectivity index (χ0n) is 8.68. The van der Waals surface area contributed by atoms with Crippen LogP contribution in [0, 0.1) is 0 Å². The average molecular weight is 238 g/mol. The van der Waals surface area contributed by atoms with Crippen molar-refractivity contribution in [2.75, 3.05) is 13.2 Å². The summed E-state index contributed by atoms with van der Waals surface area (Å²) in [7, 11) is 0. The van der Waals surface area contributed by atoms with Gasteiger partial charge in [-0.3, -0.25) is 0 Å². The van der Waals surface area contributed by atoms with Crippen LogP contribution >= 0.6 is 0 Å². The van der Waals surface area contributed by atoms with Crippen molar-refractivity contribution >= 4 is 0 Å². The Morgan fingerprint density at radius 2 is 1.50 bits per heavy atom. The molecule has 0 radical (unpaired) electrons. The van der Waals surface area contributed by atoms with E-state index in [1.807, 2.05) is 0 Å². The predicted octanol–water partition coefficient (Wildman–Crippen LogP) is -3.43. The monoisotopic (exact) mass is 238 g/mol. The SMILES string of the molecule is OC[C@H](O)C[C@H]1O[C@H](CO)[C@@H](O)[C@H](O)[C@H]1O. The van der Waals surface area contributed by atoms with Gasteiger partial charge in [0, 0.05) is 6.42 Å². The molecule has 1 heterocycles. The molecular weight excluding hydrogens is 220 g/mol. The molecule has 6 atom stereocenters. The molecule has 6 N–H and O–H groups in total. The maximum Gasteiger partial charge on any atom is 0.111 e. The summed E-state index contributed by atoms with van der Waals surface area (Å²) in [5, 5.41) is 55.2. The van der Waals surface area contributed by atoms with Gasteiger partial charge in [0.15, 0.2) is 0 Å². The molecule has 7 nitrogen and oxygen atoms in total. The molecule has 0 aromatic carbocycles. The van der Waals surface area contributed by atoms with Crippen molar-refractivity contribution in [1.29, 1.82) is 0 Å². The fourth-order valence-electron chi connectivity index (χ4n) is 1.72. The van der Waals surface area contributed by atoms with E-state index in [4.69, 9.17) is 14.9 Å². The van der Waals surface area contributed by atoms with Gasteiger partial charge in [-0.2, -0.15) is 0 Å². The standard InChI is InChI=1S/C9H18O7/c10-2-4(12)1-5-7(13)9(15)8(14)6(3-11)16-5/h4-15H,1-3H2/t4-,5-,6-,7+,8-,9-/m1/s1. The van der Waals surface area contributed by atoms with Crippen LogP contribution in [0.2, 0.25) is 0 Å². The van der Waals surface area contributed by atoms with Gasteiger partial charge in [-0.05, 0) is 0 Å². The van der Waals surface area contributed by atoms with Crippen LogP contribution in [-0.2, 0) is 4.74 Å². The van der Waals surface area contributed by atoms with Gasteiger partial charge in [-0.1, -0.05) is 0 Å². The highest BCUT2D eigenvalue weighted by Gasteiger charge is 2.43. The van der Waals surface area contributed by atoms with E-state index in [0.717, 1.165) is 0 Å². The first-order valence-corrected chi connectivity index (χ1v) is 5.10. The Morgan fingerprint density at radius 3 is 2.00 bits per heavy atom. The normalized spacial score (nSPS) is 42.0. The smallest absolute Gasteiger partial charge is 0.111 e. The highest BCUT2D eigenvalue weighted by atomic mass is 16.5. The number of aliphatic hydroxyl groups excluding tert-OH is 6. The van der Waals surface area contributed by atoms with Gasteiger partial charge < -0.3 is 35.4 Å². The number of hydrogen-bond acceptors (Lipinski definition) is 7. The Hall–Kier alpha value is -0.280.